The molecule has 5 heterocycles. The molecule has 206 valence electrons. The van der Waals surface area contributed by atoms with Gasteiger partial charge in [0.15, 0.2) is 11.4 Å². The molecule has 0 saturated heterocycles. The smallest absolute Gasteiger partial charge is 0.172 e. The van der Waals surface area contributed by atoms with Crippen LogP contribution in [0.25, 0.3) is 45.3 Å². The molecule has 1 aliphatic rings. The lowest BCUT2D eigenvalue weighted by atomic mass is 9.90. The lowest BCUT2D eigenvalue weighted by Crippen LogP contribution is -2.34. The van der Waals surface area contributed by atoms with Crippen LogP contribution in [0.3, 0.4) is 0 Å². The van der Waals surface area contributed by atoms with Gasteiger partial charge < -0.3 is 0 Å². The van der Waals surface area contributed by atoms with Crippen molar-refractivity contribution < 1.29 is 4.48 Å². The molecule has 5 nitrogen and oxygen atoms in total. The third kappa shape index (κ3) is 4.86. The molecular formula is C38H30N5+. The van der Waals surface area contributed by atoms with Gasteiger partial charge in [-0.25, -0.2) is 9.97 Å². The first-order valence-electron chi connectivity index (χ1n) is 14.3. The molecule has 0 amide bonds. The van der Waals surface area contributed by atoms with Crippen molar-refractivity contribution in [2.24, 2.45) is 0 Å². The fourth-order valence-corrected chi connectivity index (χ4v) is 5.96. The van der Waals surface area contributed by atoms with Crippen molar-refractivity contribution in [3.63, 3.8) is 0 Å². The van der Waals surface area contributed by atoms with Crippen LogP contribution in [0.1, 0.15) is 22.5 Å². The van der Waals surface area contributed by atoms with Crippen molar-refractivity contribution in [1.82, 2.24) is 19.9 Å². The number of benzene rings is 2. The summed E-state index contributed by atoms with van der Waals surface area (Å²) >= 11 is 0. The van der Waals surface area contributed by atoms with Gasteiger partial charge in [-0.15, -0.1) is 0 Å². The number of aromatic nitrogens is 4. The summed E-state index contributed by atoms with van der Waals surface area (Å²) in [6, 6.07) is 45.5. The SMILES string of the molecule is C[N+]1(C)C(c2cccc(-c3ccccn3)n2)=C(c2ccccc2)C(c2ccccc2)=C1c1cccc(-c2ccccn2)n1. The minimum atomic E-state index is 0.450. The van der Waals surface area contributed by atoms with Crippen molar-refractivity contribution in [3.05, 3.63) is 168 Å². The number of hydrogen-bond acceptors (Lipinski definition) is 4. The van der Waals surface area contributed by atoms with Gasteiger partial charge in [0, 0.05) is 12.4 Å². The Morgan fingerprint density at radius 3 is 1.14 bits per heavy atom. The highest BCUT2D eigenvalue weighted by Gasteiger charge is 2.46. The van der Waals surface area contributed by atoms with Crippen molar-refractivity contribution >= 4 is 22.5 Å². The molecule has 5 heteroatoms. The van der Waals surface area contributed by atoms with Crippen LogP contribution < -0.4 is 0 Å². The highest BCUT2D eigenvalue weighted by molar-refractivity contribution is 6.23. The number of pyridine rings is 4. The van der Waals surface area contributed by atoms with E-state index in [1.54, 1.807) is 12.4 Å². The van der Waals surface area contributed by atoms with E-state index in [2.05, 4.69) is 109 Å². The highest BCUT2D eigenvalue weighted by Crippen LogP contribution is 2.54. The van der Waals surface area contributed by atoms with E-state index in [9.17, 15) is 0 Å². The predicted octanol–water partition coefficient (Wildman–Crippen LogP) is 8.13. The Labute approximate surface area is 251 Å². The van der Waals surface area contributed by atoms with Crippen LogP contribution in [-0.2, 0) is 0 Å². The number of allylic oxidation sites excluding steroid dienone is 2. The van der Waals surface area contributed by atoms with Crippen LogP contribution in [-0.4, -0.2) is 38.5 Å². The second kappa shape index (κ2) is 11.0. The Bertz CT molecular complexity index is 1820. The Balaban J connectivity index is 1.52. The molecule has 0 saturated carbocycles. The van der Waals surface area contributed by atoms with Crippen LogP contribution in [0.5, 0.6) is 0 Å². The van der Waals surface area contributed by atoms with E-state index in [-0.39, 0.29) is 0 Å². The molecule has 0 fully saturated rings. The molecule has 0 bridgehead atoms. The third-order valence-corrected chi connectivity index (χ3v) is 7.80. The fourth-order valence-electron chi connectivity index (χ4n) is 5.96. The lowest BCUT2D eigenvalue weighted by Gasteiger charge is -2.30. The zero-order valence-electron chi connectivity index (χ0n) is 24.1. The van der Waals surface area contributed by atoms with Gasteiger partial charge in [-0.3, -0.25) is 14.5 Å². The summed E-state index contributed by atoms with van der Waals surface area (Å²) in [5.41, 5.74) is 11.9. The van der Waals surface area contributed by atoms with Crippen molar-refractivity contribution in [1.29, 1.82) is 0 Å². The van der Waals surface area contributed by atoms with E-state index < -0.39 is 0 Å². The van der Waals surface area contributed by atoms with E-state index in [0.29, 0.717) is 4.48 Å². The summed E-state index contributed by atoms with van der Waals surface area (Å²) < 4.78 is 0.450. The molecule has 43 heavy (non-hydrogen) atoms. The topological polar surface area (TPSA) is 51.6 Å². The Morgan fingerprint density at radius 2 is 0.744 bits per heavy atom. The van der Waals surface area contributed by atoms with E-state index in [1.165, 1.54) is 0 Å². The van der Waals surface area contributed by atoms with Gasteiger partial charge in [0.1, 0.15) is 11.4 Å². The summed E-state index contributed by atoms with van der Waals surface area (Å²) in [5, 5.41) is 0. The number of quaternary nitrogens is 1. The average molecular weight is 557 g/mol. The van der Waals surface area contributed by atoms with Gasteiger partial charge in [0.2, 0.25) is 0 Å². The summed E-state index contributed by atoms with van der Waals surface area (Å²) in [6.07, 6.45) is 3.61. The first kappa shape index (κ1) is 26.4. The van der Waals surface area contributed by atoms with Crippen LogP contribution in [0, 0.1) is 0 Å². The second-order valence-electron chi connectivity index (χ2n) is 10.9. The van der Waals surface area contributed by atoms with Gasteiger partial charge in [-0.2, -0.15) is 0 Å². The Kier molecular flexibility index (Phi) is 6.78. The first-order valence-corrected chi connectivity index (χ1v) is 14.3. The van der Waals surface area contributed by atoms with E-state index >= 15 is 0 Å². The molecular weight excluding hydrogens is 526 g/mol. The van der Waals surface area contributed by atoms with E-state index in [0.717, 1.165) is 67.8 Å². The molecule has 0 unspecified atom stereocenters. The average Bonchev–Trinajstić information content (AvgIpc) is 3.33. The minimum absolute atomic E-state index is 0.450. The summed E-state index contributed by atoms with van der Waals surface area (Å²) in [7, 11) is 4.46. The molecule has 0 radical (unpaired) electrons. The standard InChI is InChI=1S/C38H30N5/c1-43(2)37(33-23-13-21-31(41-33)29-19-9-11-25-39-29)35(27-15-5-3-6-16-27)36(28-17-7-4-8-18-28)38(43)34-24-14-22-32(42-34)30-20-10-12-26-40-30/h3-26H,1-2H3/q+1. The van der Waals surface area contributed by atoms with Gasteiger partial charge in [-0.1, -0.05) is 84.9 Å². The number of hydrogen-bond donors (Lipinski definition) is 0. The molecule has 2 aromatic carbocycles. The molecule has 4 aromatic heterocycles. The maximum atomic E-state index is 5.22. The van der Waals surface area contributed by atoms with Crippen LogP contribution >= 0.6 is 0 Å². The maximum absolute atomic E-state index is 5.22. The molecule has 0 N–H and O–H groups in total. The summed E-state index contributed by atoms with van der Waals surface area (Å²) in [6.45, 7) is 0. The quantitative estimate of drug-likeness (QED) is 0.194. The molecule has 1 aliphatic heterocycles. The van der Waals surface area contributed by atoms with Crippen LogP contribution in [0.2, 0.25) is 0 Å². The summed E-state index contributed by atoms with van der Waals surface area (Å²) in [5.74, 6) is 0. The fraction of sp³-hybridized carbons (Fsp3) is 0.0526. The predicted molar refractivity (Wildman–Crippen MR) is 174 cm³/mol. The van der Waals surface area contributed by atoms with Gasteiger partial charge in [0.05, 0.1) is 48.0 Å². The second-order valence-corrected chi connectivity index (χ2v) is 10.9. The normalized spacial score (nSPS) is 14.3. The van der Waals surface area contributed by atoms with E-state index in [4.69, 9.17) is 9.97 Å². The van der Waals surface area contributed by atoms with Crippen molar-refractivity contribution in [2.45, 2.75) is 0 Å². The van der Waals surface area contributed by atoms with Crippen molar-refractivity contribution in [3.8, 4) is 22.8 Å². The largest absolute Gasteiger partial charge is 0.259 e. The Hall–Kier alpha value is -5.52. The van der Waals surface area contributed by atoms with Gasteiger partial charge in [0.25, 0.3) is 0 Å². The van der Waals surface area contributed by atoms with E-state index in [1.807, 2.05) is 48.5 Å². The highest BCUT2D eigenvalue weighted by atomic mass is 15.4. The molecule has 7 rings (SSSR count). The van der Waals surface area contributed by atoms with Gasteiger partial charge >= 0.3 is 0 Å². The lowest BCUT2D eigenvalue weighted by molar-refractivity contribution is -0.738. The number of nitrogens with zero attached hydrogens (tertiary/aromatic N) is 5. The van der Waals surface area contributed by atoms with Crippen molar-refractivity contribution in [2.75, 3.05) is 14.1 Å². The minimum Gasteiger partial charge on any atom is -0.259 e. The third-order valence-electron chi connectivity index (χ3n) is 7.80. The maximum Gasteiger partial charge on any atom is 0.172 e. The van der Waals surface area contributed by atoms with Gasteiger partial charge in [-0.05, 0) is 59.7 Å². The first-order chi connectivity index (χ1) is 21.1. The molecule has 6 aromatic rings. The van der Waals surface area contributed by atoms with Crippen LogP contribution in [0.15, 0.2) is 146 Å². The summed E-state index contributed by atoms with van der Waals surface area (Å²) in [4.78, 5) is 19.6. The van der Waals surface area contributed by atoms with Crippen LogP contribution in [0.4, 0.5) is 0 Å². The molecule has 0 aliphatic carbocycles. The molecule has 0 atom stereocenters. The monoisotopic (exact) mass is 556 g/mol. The zero-order chi connectivity index (χ0) is 29.2. The Morgan fingerprint density at radius 1 is 0.372 bits per heavy atom. The number of rotatable bonds is 6. The zero-order valence-corrected chi connectivity index (χ0v) is 24.1. The molecule has 0 spiro atoms.